The second-order valence-corrected chi connectivity index (χ2v) is 10.2. The molecule has 5 rings (SSSR count). The van der Waals surface area contributed by atoms with E-state index in [9.17, 15) is 13.2 Å². The molecule has 1 aromatic rings. The molecule has 0 unspecified atom stereocenters. The summed E-state index contributed by atoms with van der Waals surface area (Å²) in [6, 6.07) is 5.50. The first-order valence-electron chi connectivity index (χ1n) is 10.00. The molecule has 3 saturated heterocycles. The summed E-state index contributed by atoms with van der Waals surface area (Å²) in [6.45, 7) is 11.2. The number of nitrogens with zero attached hydrogens (tertiary/aromatic N) is 3. The van der Waals surface area contributed by atoms with Crippen LogP contribution in [0.1, 0.15) is 19.4 Å². The summed E-state index contributed by atoms with van der Waals surface area (Å²) in [4.78, 5) is 11.4. The minimum atomic E-state index is -3.76. The number of primary amides is 1. The van der Waals surface area contributed by atoms with E-state index < -0.39 is 10.3 Å². The van der Waals surface area contributed by atoms with Crippen molar-refractivity contribution >= 4 is 21.9 Å². The zero-order chi connectivity index (χ0) is 20.2. The van der Waals surface area contributed by atoms with Gasteiger partial charge in [0.15, 0.2) is 12.3 Å². The Morgan fingerprint density at radius 1 is 1.14 bits per heavy atom. The van der Waals surface area contributed by atoms with Crippen LogP contribution in [0.4, 0.5) is 5.69 Å². The van der Waals surface area contributed by atoms with Crippen LogP contribution in [0.25, 0.3) is 0 Å². The fourth-order valence-corrected chi connectivity index (χ4v) is 6.43. The van der Waals surface area contributed by atoms with Crippen LogP contribution in [0.15, 0.2) is 18.2 Å². The number of amides is 1. The molecule has 9 heteroatoms. The lowest BCUT2D eigenvalue weighted by Crippen LogP contribution is -2.76. The Morgan fingerprint density at radius 2 is 1.75 bits per heavy atom. The fourth-order valence-electron chi connectivity index (χ4n) is 5.04. The minimum absolute atomic E-state index is 0.191. The maximum absolute atomic E-state index is 12.4. The molecule has 0 aromatic heterocycles. The van der Waals surface area contributed by atoms with Gasteiger partial charge in [-0.15, -0.1) is 0 Å². The molecular weight excluding hydrogens is 380 g/mol. The van der Waals surface area contributed by atoms with Crippen molar-refractivity contribution in [1.82, 2.24) is 0 Å². The number of quaternary nitrogens is 2. The van der Waals surface area contributed by atoms with Crippen molar-refractivity contribution in [2.45, 2.75) is 26.3 Å². The average molecular weight is 411 g/mol. The van der Waals surface area contributed by atoms with Crippen LogP contribution in [0.3, 0.4) is 0 Å². The Bertz CT molecular complexity index is 875. The molecule has 4 heterocycles. The van der Waals surface area contributed by atoms with Gasteiger partial charge in [-0.2, -0.15) is 8.42 Å². The highest BCUT2D eigenvalue weighted by molar-refractivity contribution is 7.89. The third-order valence-corrected chi connectivity index (χ3v) is 8.18. The van der Waals surface area contributed by atoms with Gasteiger partial charge in [0.25, 0.3) is 5.91 Å². The van der Waals surface area contributed by atoms with Crippen molar-refractivity contribution in [2.24, 2.45) is 5.73 Å². The maximum Gasteiger partial charge on any atom is 0.410 e. The highest BCUT2D eigenvalue weighted by Gasteiger charge is 2.49. The quantitative estimate of drug-likeness (QED) is 0.680. The van der Waals surface area contributed by atoms with Crippen LogP contribution in [0, 0.1) is 0 Å². The molecule has 0 atom stereocenters. The third-order valence-electron chi connectivity index (χ3n) is 6.70. The lowest BCUT2D eigenvalue weighted by molar-refractivity contribution is -1.08. The minimum Gasteiger partial charge on any atom is -0.365 e. The molecule has 0 spiro atoms. The summed E-state index contributed by atoms with van der Waals surface area (Å²) in [5, 5.41) is 0. The van der Waals surface area contributed by atoms with Gasteiger partial charge in [0, 0.05) is 18.0 Å². The van der Waals surface area contributed by atoms with E-state index >= 15 is 0 Å². The number of carbonyl (C=O) groups excluding carboxylic acids is 1. The van der Waals surface area contributed by atoms with Gasteiger partial charge in [-0.1, -0.05) is 12.1 Å². The topological polar surface area (TPSA) is 89.7 Å². The van der Waals surface area contributed by atoms with Crippen LogP contribution in [0.5, 0.6) is 5.75 Å². The van der Waals surface area contributed by atoms with Crippen LogP contribution in [0.2, 0.25) is 0 Å². The van der Waals surface area contributed by atoms with E-state index in [0.29, 0.717) is 18.0 Å². The number of benzene rings is 1. The van der Waals surface area contributed by atoms with Crippen molar-refractivity contribution in [2.75, 3.05) is 56.7 Å². The van der Waals surface area contributed by atoms with E-state index in [-0.39, 0.29) is 11.9 Å². The van der Waals surface area contributed by atoms with Gasteiger partial charge in [0.2, 0.25) is 0 Å². The number of anilines is 1. The molecule has 4 aliphatic heterocycles. The molecule has 2 bridgehead atoms. The Hall–Kier alpha value is -1.84. The standard InChI is InChI=1S/C19H29N4O4S/c1-15(2)21-17-5-3-4-16(19(17)27-28(21,25)26)6-7-22-8-11-23(12-9-22,13-10-22)14-18(20)24/h3-5,15H,6-14H2,1-2H3,(H-,20,24)/q+1/p+1. The van der Waals surface area contributed by atoms with Crippen molar-refractivity contribution in [3.8, 4) is 5.75 Å². The van der Waals surface area contributed by atoms with Gasteiger partial charge >= 0.3 is 10.3 Å². The average Bonchev–Trinajstić information content (AvgIpc) is 2.91. The van der Waals surface area contributed by atoms with Crippen LogP contribution in [-0.2, 0) is 21.5 Å². The zero-order valence-corrected chi connectivity index (χ0v) is 17.5. The predicted octanol–water partition coefficient (Wildman–Crippen LogP) is 0.227. The first-order valence-corrected chi connectivity index (χ1v) is 11.4. The molecule has 1 amide bonds. The van der Waals surface area contributed by atoms with Gasteiger partial charge in [-0.25, -0.2) is 4.31 Å². The second kappa shape index (κ2) is 6.60. The molecular formula is C19H30N4O4S+2. The van der Waals surface area contributed by atoms with Crippen molar-refractivity contribution in [3.63, 3.8) is 0 Å². The number of fused-ring (bicyclic) bond motifs is 4. The van der Waals surface area contributed by atoms with Crippen molar-refractivity contribution < 1.29 is 26.4 Å². The van der Waals surface area contributed by atoms with Gasteiger partial charge in [0.05, 0.1) is 12.2 Å². The number of piperazine rings is 3. The molecule has 0 aliphatic carbocycles. The lowest BCUT2D eigenvalue weighted by Gasteiger charge is -2.55. The van der Waals surface area contributed by atoms with Crippen LogP contribution in [-0.4, -0.2) is 81.7 Å². The summed E-state index contributed by atoms with van der Waals surface area (Å²) in [6.07, 6.45) is 0.778. The van der Waals surface area contributed by atoms with Gasteiger partial charge in [0.1, 0.15) is 39.3 Å². The highest BCUT2D eigenvalue weighted by atomic mass is 32.2. The molecule has 3 fully saturated rings. The molecule has 8 nitrogen and oxygen atoms in total. The lowest BCUT2D eigenvalue weighted by atomic mass is 10.0. The summed E-state index contributed by atoms with van der Waals surface area (Å²) < 4.78 is 33.5. The first-order chi connectivity index (χ1) is 13.2. The van der Waals surface area contributed by atoms with E-state index in [1.165, 1.54) is 4.31 Å². The van der Waals surface area contributed by atoms with Gasteiger partial charge in [-0.05, 0) is 19.9 Å². The summed E-state index contributed by atoms with van der Waals surface area (Å²) in [7, 11) is -3.76. The SMILES string of the molecule is CC(C)N1c2cccc(CC[N+]34CC[N+](CC(N)=O)(CC3)CC4)c2OS1(=O)=O. The van der Waals surface area contributed by atoms with E-state index in [1.807, 2.05) is 32.0 Å². The second-order valence-electron chi connectivity index (χ2n) is 8.82. The maximum atomic E-state index is 12.4. The van der Waals surface area contributed by atoms with Gasteiger partial charge in [-0.3, -0.25) is 4.79 Å². The van der Waals surface area contributed by atoms with Crippen LogP contribution < -0.4 is 14.2 Å². The molecule has 1 aromatic carbocycles. The predicted molar refractivity (Wildman–Crippen MR) is 106 cm³/mol. The number of nitrogens with two attached hydrogens (primary N) is 1. The van der Waals surface area contributed by atoms with E-state index in [4.69, 9.17) is 9.92 Å². The number of rotatable bonds is 6. The zero-order valence-electron chi connectivity index (χ0n) is 16.6. The van der Waals surface area contributed by atoms with E-state index in [2.05, 4.69) is 0 Å². The smallest absolute Gasteiger partial charge is 0.365 e. The molecule has 4 aliphatic rings. The molecule has 0 saturated carbocycles. The molecule has 2 N–H and O–H groups in total. The van der Waals surface area contributed by atoms with Gasteiger partial charge < -0.3 is 18.9 Å². The fraction of sp³-hybridized carbons (Fsp3) is 0.632. The Labute approximate surface area is 166 Å². The highest BCUT2D eigenvalue weighted by Crippen LogP contribution is 2.42. The molecule has 0 radical (unpaired) electrons. The Kier molecular flexibility index (Phi) is 4.59. The Balaban J connectivity index is 1.49. The molecule has 28 heavy (non-hydrogen) atoms. The normalized spacial score (nSPS) is 30.3. The van der Waals surface area contributed by atoms with Crippen molar-refractivity contribution in [3.05, 3.63) is 23.8 Å². The van der Waals surface area contributed by atoms with E-state index in [1.54, 1.807) is 0 Å². The largest absolute Gasteiger partial charge is 0.410 e. The number of para-hydroxylation sites is 1. The summed E-state index contributed by atoms with van der Waals surface area (Å²) in [5.74, 6) is 0.275. The van der Waals surface area contributed by atoms with E-state index in [0.717, 1.165) is 66.8 Å². The first kappa shape index (κ1) is 19.5. The summed E-state index contributed by atoms with van der Waals surface area (Å²) in [5.41, 5.74) is 7.04. The Morgan fingerprint density at radius 3 is 2.32 bits per heavy atom. The number of hydrogen-bond acceptors (Lipinski definition) is 4. The number of hydrogen-bond donors (Lipinski definition) is 1. The third kappa shape index (κ3) is 3.25. The number of carbonyl (C=O) groups is 1. The summed E-state index contributed by atoms with van der Waals surface area (Å²) >= 11 is 0. The monoisotopic (exact) mass is 410 g/mol. The molecule has 154 valence electrons. The van der Waals surface area contributed by atoms with Crippen LogP contribution >= 0.6 is 0 Å². The van der Waals surface area contributed by atoms with Crippen molar-refractivity contribution in [1.29, 1.82) is 0 Å².